The molecule has 19 heavy (non-hydrogen) atoms. The van der Waals surface area contributed by atoms with E-state index in [1.54, 1.807) is 7.11 Å². The predicted octanol–water partition coefficient (Wildman–Crippen LogP) is 0.838. The highest BCUT2D eigenvalue weighted by atomic mass is 16.5. The van der Waals surface area contributed by atoms with Crippen LogP contribution in [0.5, 0.6) is 5.75 Å². The van der Waals surface area contributed by atoms with E-state index in [0.717, 1.165) is 24.2 Å². The Morgan fingerprint density at radius 1 is 1.26 bits per heavy atom. The molecule has 0 bridgehead atoms. The topological polar surface area (TPSA) is 67.4 Å². The molecule has 1 aliphatic carbocycles. The summed E-state index contributed by atoms with van der Waals surface area (Å²) in [5.74, 6) is 0.652. The third-order valence-electron chi connectivity index (χ3n) is 3.04. The zero-order valence-corrected chi connectivity index (χ0v) is 10.9. The molecule has 0 atom stereocenters. The lowest BCUT2D eigenvalue weighted by Crippen LogP contribution is -2.37. The minimum absolute atomic E-state index is 0.0209. The smallest absolute Gasteiger partial charge is 0.239 e. The first-order chi connectivity index (χ1) is 9.20. The van der Waals surface area contributed by atoms with Crippen molar-refractivity contribution in [2.24, 2.45) is 5.92 Å². The first-order valence-corrected chi connectivity index (χ1v) is 6.37. The van der Waals surface area contributed by atoms with Crippen LogP contribution < -0.4 is 15.4 Å². The summed E-state index contributed by atoms with van der Waals surface area (Å²) in [5.41, 5.74) is 0.909. The molecule has 0 aliphatic heterocycles. The maximum atomic E-state index is 11.6. The zero-order chi connectivity index (χ0) is 13.7. The Balaban J connectivity index is 1.74. The van der Waals surface area contributed by atoms with Crippen LogP contribution in [0.3, 0.4) is 0 Å². The molecule has 1 saturated carbocycles. The van der Waals surface area contributed by atoms with Crippen molar-refractivity contribution in [3.8, 4) is 5.75 Å². The van der Waals surface area contributed by atoms with E-state index in [-0.39, 0.29) is 24.3 Å². The van der Waals surface area contributed by atoms with Crippen LogP contribution >= 0.6 is 0 Å². The molecular weight excluding hydrogens is 244 g/mol. The number of para-hydroxylation sites is 1. The highest BCUT2D eigenvalue weighted by molar-refractivity contribution is 5.86. The quantitative estimate of drug-likeness (QED) is 0.798. The molecule has 1 aromatic carbocycles. The second-order valence-electron chi connectivity index (χ2n) is 4.58. The van der Waals surface area contributed by atoms with Crippen molar-refractivity contribution in [1.82, 2.24) is 10.6 Å². The molecule has 1 aromatic rings. The lowest BCUT2D eigenvalue weighted by atomic mass is 10.2. The van der Waals surface area contributed by atoms with Gasteiger partial charge in [-0.2, -0.15) is 0 Å². The molecular formula is C14H18N2O3. The molecule has 1 aliphatic rings. The molecule has 0 heterocycles. The summed E-state index contributed by atoms with van der Waals surface area (Å²) in [7, 11) is 1.59. The van der Waals surface area contributed by atoms with Crippen molar-refractivity contribution in [1.29, 1.82) is 0 Å². The first-order valence-electron chi connectivity index (χ1n) is 6.37. The molecule has 1 fully saturated rings. The minimum Gasteiger partial charge on any atom is -0.496 e. The number of carbonyl (C=O) groups is 2. The number of methoxy groups -OCH3 is 1. The van der Waals surface area contributed by atoms with Crippen LogP contribution in [-0.4, -0.2) is 25.5 Å². The molecule has 5 nitrogen and oxygen atoms in total. The van der Waals surface area contributed by atoms with Gasteiger partial charge >= 0.3 is 0 Å². The lowest BCUT2D eigenvalue weighted by molar-refractivity contribution is -0.126. The van der Waals surface area contributed by atoms with Gasteiger partial charge in [0.15, 0.2) is 0 Å². The molecule has 0 spiro atoms. The Kier molecular flexibility index (Phi) is 4.39. The Morgan fingerprint density at radius 3 is 2.68 bits per heavy atom. The number of rotatable bonds is 6. The number of benzene rings is 1. The Bertz CT molecular complexity index is 470. The highest BCUT2D eigenvalue weighted by Gasteiger charge is 2.29. The van der Waals surface area contributed by atoms with Gasteiger partial charge in [0.2, 0.25) is 11.8 Å². The monoisotopic (exact) mass is 262 g/mol. The van der Waals surface area contributed by atoms with Gasteiger partial charge in [0.1, 0.15) is 5.75 Å². The Labute approximate surface area is 112 Å². The number of hydrogen-bond acceptors (Lipinski definition) is 3. The van der Waals surface area contributed by atoms with Gasteiger partial charge in [-0.1, -0.05) is 18.2 Å². The number of ether oxygens (including phenoxy) is 1. The van der Waals surface area contributed by atoms with Gasteiger partial charge in [-0.3, -0.25) is 9.59 Å². The van der Waals surface area contributed by atoms with E-state index >= 15 is 0 Å². The van der Waals surface area contributed by atoms with E-state index in [9.17, 15) is 9.59 Å². The maximum Gasteiger partial charge on any atom is 0.239 e. The molecule has 0 saturated heterocycles. The maximum absolute atomic E-state index is 11.6. The van der Waals surface area contributed by atoms with Gasteiger partial charge in [0.25, 0.3) is 0 Å². The van der Waals surface area contributed by atoms with Crippen LogP contribution in [0.2, 0.25) is 0 Å². The van der Waals surface area contributed by atoms with E-state index in [1.165, 1.54) is 0 Å². The molecule has 0 aromatic heterocycles. The first kappa shape index (κ1) is 13.4. The second-order valence-corrected chi connectivity index (χ2v) is 4.58. The average Bonchev–Trinajstić information content (AvgIpc) is 3.27. The van der Waals surface area contributed by atoms with Gasteiger partial charge in [0.05, 0.1) is 13.7 Å². The number of nitrogens with one attached hydrogen (secondary N) is 2. The van der Waals surface area contributed by atoms with E-state index in [4.69, 9.17) is 4.74 Å². The highest BCUT2D eigenvalue weighted by Crippen LogP contribution is 2.28. The van der Waals surface area contributed by atoms with Gasteiger partial charge < -0.3 is 15.4 Å². The number of amides is 2. The molecule has 5 heteroatoms. The van der Waals surface area contributed by atoms with Crippen LogP contribution in [0.1, 0.15) is 18.4 Å². The van der Waals surface area contributed by atoms with Crippen LogP contribution in [-0.2, 0) is 16.1 Å². The van der Waals surface area contributed by atoms with Crippen LogP contribution in [0.4, 0.5) is 0 Å². The Hall–Kier alpha value is -2.04. The average molecular weight is 262 g/mol. The fourth-order valence-electron chi connectivity index (χ4n) is 1.76. The Morgan fingerprint density at radius 2 is 2.00 bits per heavy atom. The summed E-state index contributed by atoms with van der Waals surface area (Å²) in [6.07, 6.45) is 1.88. The molecule has 102 valence electrons. The normalized spacial score (nSPS) is 13.7. The fourth-order valence-corrected chi connectivity index (χ4v) is 1.76. The summed E-state index contributed by atoms with van der Waals surface area (Å²) in [6.45, 7) is 0.423. The van der Waals surface area contributed by atoms with E-state index in [1.807, 2.05) is 24.3 Å². The molecule has 2 N–H and O–H groups in total. The predicted molar refractivity (Wildman–Crippen MR) is 70.6 cm³/mol. The summed E-state index contributed by atoms with van der Waals surface area (Å²) >= 11 is 0. The number of carbonyl (C=O) groups excluding carboxylic acids is 2. The van der Waals surface area contributed by atoms with Gasteiger partial charge in [-0.25, -0.2) is 0 Å². The molecule has 2 rings (SSSR count). The minimum atomic E-state index is -0.195. The van der Waals surface area contributed by atoms with Gasteiger partial charge in [0, 0.05) is 18.0 Å². The van der Waals surface area contributed by atoms with Gasteiger partial charge in [-0.15, -0.1) is 0 Å². The zero-order valence-electron chi connectivity index (χ0n) is 10.9. The summed E-state index contributed by atoms with van der Waals surface area (Å²) < 4.78 is 5.19. The van der Waals surface area contributed by atoms with E-state index < -0.39 is 0 Å². The SMILES string of the molecule is COc1ccccc1CNC(=O)CNC(=O)C1CC1. The van der Waals surface area contributed by atoms with Crippen molar-refractivity contribution in [2.45, 2.75) is 19.4 Å². The second kappa shape index (κ2) is 6.22. The summed E-state index contributed by atoms with van der Waals surface area (Å²) in [5, 5.41) is 5.38. The standard InChI is InChI=1S/C14H18N2O3/c1-19-12-5-3-2-4-11(12)8-15-13(17)9-16-14(18)10-6-7-10/h2-5,10H,6-9H2,1H3,(H,15,17)(H,16,18). The molecule has 0 radical (unpaired) electrons. The van der Waals surface area contributed by atoms with Crippen molar-refractivity contribution < 1.29 is 14.3 Å². The fraction of sp³-hybridized carbons (Fsp3) is 0.429. The van der Waals surface area contributed by atoms with Crippen molar-refractivity contribution >= 4 is 11.8 Å². The third kappa shape index (κ3) is 3.98. The lowest BCUT2D eigenvalue weighted by Gasteiger charge is -2.10. The third-order valence-corrected chi connectivity index (χ3v) is 3.04. The van der Waals surface area contributed by atoms with E-state index in [0.29, 0.717) is 6.54 Å². The summed E-state index contributed by atoms with van der Waals surface area (Å²) in [4.78, 5) is 23.0. The summed E-state index contributed by atoms with van der Waals surface area (Å²) in [6, 6.07) is 7.50. The van der Waals surface area contributed by atoms with Crippen LogP contribution in [0.25, 0.3) is 0 Å². The molecule has 2 amide bonds. The van der Waals surface area contributed by atoms with Gasteiger partial charge in [-0.05, 0) is 18.9 Å². The molecule has 0 unspecified atom stereocenters. The number of hydrogen-bond donors (Lipinski definition) is 2. The van der Waals surface area contributed by atoms with Crippen molar-refractivity contribution in [3.05, 3.63) is 29.8 Å². The van der Waals surface area contributed by atoms with E-state index in [2.05, 4.69) is 10.6 Å². The van der Waals surface area contributed by atoms with Crippen LogP contribution in [0, 0.1) is 5.92 Å². The van der Waals surface area contributed by atoms with Crippen LogP contribution in [0.15, 0.2) is 24.3 Å². The van der Waals surface area contributed by atoms with Crippen molar-refractivity contribution in [3.63, 3.8) is 0 Å². The van der Waals surface area contributed by atoms with Crippen molar-refractivity contribution in [2.75, 3.05) is 13.7 Å². The largest absolute Gasteiger partial charge is 0.496 e.